The minimum Gasteiger partial charge on any atom is -0.399 e. The Balaban J connectivity index is 2.01. The Morgan fingerprint density at radius 1 is 1.50 bits per heavy atom. The van der Waals surface area contributed by atoms with E-state index in [1.165, 1.54) is 5.56 Å². The Labute approximate surface area is 97.0 Å². The van der Waals surface area contributed by atoms with E-state index >= 15 is 0 Å². The molecular formula is C13H20N2O. The summed E-state index contributed by atoms with van der Waals surface area (Å²) in [4.78, 5) is 0. The molecule has 1 aliphatic rings. The molecule has 1 heterocycles. The van der Waals surface area contributed by atoms with E-state index in [1.807, 2.05) is 18.2 Å². The van der Waals surface area contributed by atoms with E-state index in [4.69, 9.17) is 10.5 Å². The number of hydrogen-bond acceptors (Lipinski definition) is 3. The molecule has 1 aromatic rings. The average Bonchev–Trinajstić information content (AvgIpc) is 2.67. The first-order valence-electron chi connectivity index (χ1n) is 5.83. The Hall–Kier alpha value is -1.22. The molecule has 1 aromatic carbocycles. The predicted molar refractivity (Wildman–Crippen MR) is 67.7 cm³/mol. The molecule has 2 rings (SSSR count). The Kier molecular flexibility index (Phi) is 3.06. The van der Waals surface area contributed by atoms with Crippen LogP contribution in [0, 0.1) is 6.92 Å². The Morgan fingerprint density at radius 3 is 3.00 bits per heavy atom. The van der Waals surface area contributed by atoms with Gasteiger partial charge < -0.3 is 15.8 Å². The molecule has 1 unspecified atom stereocenters. The lowest BCUT2D eigenvalue weighted by Crippen LogP contribution is -2.32. The Bertz CT molecular complexity index is 370. The van der Waals surface area contributed by atoms with E-state index in [-0.39, 0.29) is 5.60 Å². The number of anilines is 2. The third-order valence-electron chi connectivity index (χ3n) is 3.21. The number of benzene rings is 1. The lowest BCUT2D eigenvalue weighted by molar-refractivity contribution is 0.0315. The van der Waals surface area contributed by atoms with Crippen LogP contribution in [0.25, 0.3) is 0 Å². The molecule has 1 atom stereocenters. The topological polar surface area (TPSA) is 47.3 Å². The maximum atomic E-state index is 5.77. The van der Waals surface area contributed by atoms with E-state index in [0.29, 0.717) is 0 Å². The van der Waals surface area contributed by atoms with Gasteiger partial charge >= 0.3 is 0 Å². The fraction of sp³-hybridized carbons (Fsp3) is 0.538. The zero-order valence-electron chi connectivity index (χ0n) is 10.0. The summed E-state index contributed by atoms with van der Waals surface area (Å²) in [6, 6.07) is 5.94. The van der Waals surface area contributed by atoms with E-state index in [0.717, 1.165) is 37.4 Å². The van der Waals surface area contributed by atoms with Gasteiger partial charge in [0.05, 0.1) is 5.60 Å². The van der Waals surface area contributed by atoms with Crippen molar-refractivity contribution in [3.63, 3.8) is 0 Å². The second kappa shape index (κ2) is 4.34. The first kappa shape index (κ1) is 11.3. The molecule has 3 nitrogen and oxygen atoms in total. The summed E-state index contributed by atoms with van der Waals surface area (Å²) in [5, 5.41) is 3.43. The highest BCUT2D eigenvalue weighted by molar-refractivity contribution is 5.59. The third kappa shape index (κ3) is 2.47. The number of nitrogens with two attached hydrogens (primary N) is 1. The third-order valence-corrected chi connectivity index (χ3v) is 3.21. The largest absolute Gasteiger partial charge is 0.399 e. The van der Waals surface area contributed by atoms with Gasteiger partial charge in [0.2, 0.25) is 0 Å². The summed E-state index contributed by atoms with van der Waals surface area (Å²) in [6.45, 7) is 5.97. The van der Waals surface area contributed by atoms with Crippen molar-refractivity contribution in [2.24, 2.45) is 0 Å². The number of hydrogen-bond donors (Lipinski definition) is 2. The summed E-state index contributed by atoms with van der Waals surface area (Å²) in [7, 11) is 0. The molecule has 0 aliphatic carbocycles. The van der Waals surface area contributed by atoms with Crippen LogP contribution in [0.15, 0.2) is 18.2 Å². The zero-order chi connectivity index (χ0) is 11.6. The summed E-state index contributed by atoms with van der Waals surface area (Å²) in [5.41, 5.74) is 8.88. The quantitative estimate of drug-likeness (QED) is 0.770. The predicted octanol–water partition coefficient (Wildman–Crippen LogP) is 2.56. The molecule has 0 amide bonds. The van der Waals surface area contributed by atoms with Crippen molar-refractivity contribution in [1.29, 1.82) is 0 Å². The number of nitrogen functional groups attached to an aromatic ring is 1. The maximum absolute atomic E-state index is 5.77. The number of aryl methyl sites for hydroxylation is 1. The van der Waals surface area contributed by atoms with E-state index in [2.05, 4.69) is 19.2 Å². The Morgan fingerprint density at radius 2 is 2.31 bits per heavy atom. The van der Waals surface area contributed by atoms with Crippen LogP contribution in [-0.2, 0) is 4.74 Å². The highest BCUT2D eigenvalue weighted by Gasteiger charge is 2.29. The fourth-order valence-electron chi connectivity index (χ4n) is 2.09. The smallest absolute Gasteiger partial charge is 0.0826 e. The van der Waals surface area contributed by atoms with Crippen LogP contribution in [0.3, 0.4) is 0 Å². The monoisotopic (exact) mass is 220 g/mol. The van der Waals surface area contributed by atoms with Crippen molar-refractivity contribution in [3.8, 4) is 0 Å². The van der Waals surface area contributed by atoms with Gasteiger partial charge in [0.25, 0.3) is 0 Å². The standard InChI is InChI=1S/C13H20N2O/c1-10-4-5-11(14)8-12(10)15-9-13(2)6-3-7-16-13/h4-5,8,15H,3,6-7,9,14H2,1-2H3. The molecule has 0 bridgehead atoms. The van der Waals surface area contributed by atoms with E-state index in [9.17, 15) is 0 Å². The highest BCUT2D eigenvalue weighted by atomic mass is 16.5. The SMILES string of the molecule is Cc1ccc(N)cc1NCC1(C)CCCO1. The van der Waals surface area contributed by atoms with Gasteiger partial charge in [-0.05, 0) is 44.4 Å². The molecule has 0 aromatic heterocycles. The normalized spacial score (nSPS) is 24.6. The van der Waals surface area contributed by atoms with E-state index < -0.39 is 0 Å². The van der Waals surface area contributed by atoms with Crippen molar-refractivity contribution in [2.45, 2.75) is 32.3 Å². The van der Waals surface area contributed by atoms with Gasteiger partial charge in [0.1, 0.15) is 0 Å². The van der Waals surface area contributed by atoms with Gasteiger partial charge in [-0.15, -0.1) is 0 Å². The van der Waals surface area contributed by atoms with Crippen LogP contribution in [0.5, 0.6) is 0 Å². The van der Waals surface area contributed by atoms with Gasteiger partial charge in [-0.25, -0.2) is 0 Å². The van der Waals surface area contributed by atoms with E-state index in [1.54, 1.807) is 0 Å². The number of nitrogens with one attached hydrogen (secondary N) is 1. The fourth-order valence-corrected chi connectivity index (χ4v) is 2.09. The van der Waals surface area contributed by atoms with Crippen LogP contribution in [0.2, 0.25) is 0 Å². The molecule has 1 aliphatic heterocycles. The molecule has 0 radical (unpaired) electrons. The molecular weight excluding hydrogens is 200 g/mol. The molecule has 0 spiro atoms. The first-order valence-corrected chi connectivity index (χ1v) is 5.83. The van der Waals surface area contributed by atoms with Crippen LogP contribution in [-0.4, -0.2) is 18.8 Å². The molecule has 88 valence electrons. The van der Waals surface area contributed by atoms with Gasteiger partial charge in [0, 0.05) is 24.5 Å². The van der Waals surface area contributed by atoms with Gasteiger partial charge in [-0.3, -0.25) is 0 Å². The van der Waals surface area contributed by atoms with Gasteiger partial charge in [0.15, 0.2) is 0 Å². The van der Waals surface area contributed by atoms with Crippen molar-refractivity contribution in [1.82, 2.24) is 0 Å². The van der Waals surface area contributed by atoms with Crippen LogP contribution in [0.1, 0.15) is 25.3 Å². The number of rotatable bonds is 3. The molecule has 16 heavy (non-hydrogen) atoms. The van der Waals surface area contributed by atoms with Crippen LogP contribution in [0.4, 0.5) is 11.4 Å². The average molecular weight is 220 g/mol. The summed E-state index contributed by atoms with van der Waals surface area (Å²) < 4.78 is 5.74. The lowest BCUT2D eigenvalue weighted by atomic mass is 10.0. The molecule has 3 N–H and O–H groups in total. The van der Waals surface area contributed by atoms with Crippen molar-refractivity contribution >= 4 is 11.4 Å². The second-order valence-electron chi connectivity index (χ2n) is 4.83. The maximum Gasteiger partial charge on any atom is 0.0826 e. The molecule has 1 fully saturated rings. The minimum atomic E-state index is -0.0168. The van der Waals surface area contributed by atoms with Crippen LogP contribution < -0.4 is 11.1 Å². The highest BCUT2D eigenvalue weighted by Crippen LogP contribution is 2.26. The van der Waals surface area contributed by atoms with Crippen molar-refractivity contribution in [2.75, 3.05) is 24.2 Å². The van der Waals surface area contributed by atoms with Crippen molar-refractivity contribution in [3.05, 3.63) is 23.8 Å². The zero-order valence-corrected chi connectivity index (χ0v) is 10.0. The second-order valence-corrected chi connectivity index (χ2v) is 4.83. The molecule has 3 heteroatoms. The summed E-state index contributed by atoms with van der Waals surface area (Å²) in [6.07, 6.45) is 2.29. The summed E-state index contributed by atoms with van der Waals surface area (Å²) >= 11 is 0. The van der Waals surface area contributed by atoms with Crippen molar-refractivity contribution < 1.29 is 4.74 Å². The molecule has 1 saturated heterocycles. The summed E-state index contributed by atoms with van der Waals surface area (Å²) in [5.74, 6) is 0. The van der Waals surface area contributed by atoms with Gasteiger partial charge in [-0.1, -0.05) is 6.07 Å². The lowest BCUT2D eigenvalue weighted by Gasteiger charge is -2.24. The minimum absolute atomic E-state index is 0.0168. The number of ether oxygens (including phenoxy) is 1. The first-order chi connectivity index (χ1) is 7.59. The van der Waals surface area contributed by atoms with Gasteiger partial charge in [-0.2, -0.15) is 0 Å². The molecule has 0 saturated carbocycles. The van der Waals surface area contributed by atoms with Crippen LogP contribution >= 0.6 is 0 Å².